The van der Waals surface area contributed by atoms with E-state index in [2.05, 4.69) is 17.2 Å². The summed E-state index contributed by atoms with van der Waals surface area (Å²) in [5.41, 5.74) is 0.881. The first-order valence-corrected chi connectivity index (χ1v) is 6.43. The van der Waals surface area contributed by atoms with Gasteiger partial charge >= 0.3 is 0 Å². The second kappa shape index (κ2) is 4.21. The SMILES string of the molecule is CC1(c2nc3cc(F)cc(Cl)c3o2)CCNCC1. The molecule has 1 fully saturated rings. The van der Waals surface area contributed by atoms with Crippen LogP contribution in [0.5, 0.6) is 0 Å². The van der Waals surface area contributed by atoms with E-state index >= 15 is 0 Å². The summed E-state index contributed by atoms with van der Waals surface area (Å²) in [6.07, 6.45) is 1.92. The third-order valence-electron chi connectivity index (χ3n) is 3.63. The van der Waals surface area contributed by atoms with Gasteiger partial charge in [0.1, 0.15) is 11.3 Å². The number of benzene rings is 1. The average Bonchev–Trinajstić information content (AvgIpc) is 2.74. The molecule has 0 spiro atoms. The van der Waals surface area contributed by atoms with Crippen LogP contribution in [0.25, 0.3) is 11.1 Å². The molecular weight excluding hydrogens is 255 g/mol. The Hall–Kier alpha value is -1.13. The molecular formula is C13H14ClFN2O. The van der Waals surface area contributed by atoms with E-state index in [1.54, 1.807) is 0 Å². The highest BCUT2D eigenvalue weighted by molar-refractivity contribution is 6.34. The molecule has 1 N–H and O–H groups in total. The van der Waals surface area contributed by atoms with Crippen molar-refractivity contribution >= 4 is 22.7 Å². The van der Waals surface area contributed by atoms with Crippen LogP contribution in [0.2, 0.25) is 5.02 Å². The van der Waals surface area contributed by atoms with Crippen LogP contribution < -0.4 is 5.32 Å². The second-order valence-corrected chi connectivity index (χ2v) is 5.47. The summed E-state index contributed by atoms with van der Waals surface area (Å²) in [4.78, 5) is 4.41. The van der Waals surface area contributed by atoms with Crippen LogP contribution >= 0.6 is 11.6 Å². The largest absolute Gasteiger partial charge is 0.439 e. The minimum Gasteiger partial charge on any atom is -0.439 e. The standard InChI is InChI=1S/C13H14ClFN2O/c1-13(2-4-16-5-3-13)12-17-10-7-8(15)6-9(14)11(10)18-12/h6-7,16H,2-5H2,1H3. The number of hydrogen-bond acceptors (Lipinski definition) is 3. The number of nitrogens with zero attached hydrogens (tertiary/aromatic N) is 1. The third kappa shape index (κ3) is 1.89. The molecule has 0 unspecified atom stereocenters. The fourth-order valence-corrected chi connectivity index (χ4v) is 2.65. The smallest absolute Gasteiger partial charge is 0.201 e. The van der Waals surface area contributed by atoms with Crippen molar-refractivity contribution in [1.82, 2.24) is 10.3 Å². The molecule has 0 aliphatic carbocycles. The van der Waals surface area contributed by atoms with Crippen molar-refractivity contribution in [3.63, 3.8) is 0 Å². The molecule has 96 valence electrons. The molecule has 0 atom stereocenters. The molecule has 2 heterocycles. The number of fused-ring (bicyclic) bond motifs is 1. The molecule has 1 aliphatic rings. The van der Waals surface area contributed by atoms with E-state index in [0.717, 1.165) is 25.9 Å². The van der Waals surface area contributed by atoms with Gasteiger partial charge in [0.2, 0.25) is 5.89 Å². The zero-order valence-corrected chi connectivity index (χ0v) is 10.9. The van der Waals surface area contributed by atoms with Gasteiger partial charge in [0.15, 0.2) is 5.58 Å². The highest BCUT2D eigenvalue weighted by Gasteiger charge is 2.34. The Morgan fingerprint density at radius 1 is 1.39 bits per heavy atom. The molecule has 0 bridgehead atoms. The summed E-state index contributed by atoms with van der Waals surface area (Å²) in [6.45, 7) is 4.01. The molecule has 1 saturated heterocycles. The molecule has 3 nitrogen and oxygen atoms in total. The van der Waals surface area contributed by atoms with E-state index in [1.807, 2.05) is 0 Å². The van der Waals surface area contributed by atoms with Crippen LogP contribution in [0.15, 0.2) is 16.5 Å². The van der Waals surface area contributed by atoms with Gasteiger partial charge in [-0.15, -0.1) is 0 Å². The third-order valence-corrected chi connectivity index (χ3v) is 3.91. The topological polar surface area (TPSA) is 38.1 Å². The summed E-state index contributed by atoms with van der Waals surface area (Å²) >= 11 is 5.97. The van der Waals surface area contributed by atoms with Crippen molar-refractivity contribution in [3.05, 3.63) is 28.9 Å². The van der Waals surface area contributed by atoms with Gasteiger partial charge < -0.3 is 9.73 Å². The highest BCUT2D eigenvalue weighted by atomic mass is 35.5. The highest BCUT2D eigenvalue weighted by Crippen LogP contribution is 2.36. The van der Waals surface area contributed by atoms with E-state index in [0.29, 0.717) is 17.0 Å². The number of aromatic nitrogens is 1. The molecule has 1 aromatic heterocycles. The number of oxazole rings is 1. The van der Waals surface area contributed by atoms with Crippen LogP contribution in [-0.2, 0) is 5.41 Å². The van der Waals surface area contributed by atoms with E-state index in [4.69, 9.17) is 16.0 Å². The normalized spacial score (nSPS) is 19.3. The van der Waals surface area contributed by atoms with Crippen LogP contribution in [-0.4, -0.2) is 18.1 Å². The maximum Gasteiger partial charge on any atom is 0.201 e. The number of hydrogen-bond donors (Lipinski definition) is 1. The second-order valence-electron chi connectivity index (χ2n) is 5.07. The van der Waals surface area contributed by atoms with Crippen LogP contribution in [0.3, 0.4) is 0 Å². The predicted molar refractivity (Wildman–Crippen MR) is 68.4 cm³/mol. The fraction of sp³-hybridized carbons (Fsp3) is 0.462. The molecule has 0 amide bonds. The fourth-order valence-electron chi connectivity index (χ4n) is 2.41. The lowest BCUT2D eigenvalue weighted by Crippen LogP contribution is -2.37. The van der Waals surface area contributed by atoms with Crippen LogP contribution in [0.4, 0.5) is 4.39 Å². The number of halogens is 2. The quantitative estimate of drug-likeness (QED) is 0.863. The van der Waals surface area contributed by atoms with Gasteiger partial charge in [0, 0.05) is 11.5 Å². The lowest BCUT2D eigenvalue weighted by molar-refractivity contribution is 0.275. The summed E-state index contributed by atoms with van der Waals surface area (Å²) in [5, 5.41) is 3.59. The summed E-state index contributed by atoms with van der Waals surface area (Å²) in [5.74, 6) is 0.273. The summed E-state index contributed by atoms with van der Waals surface area (Å²) in [6, 6.07) is 2.61. The zero-order chi connectivity index (χ0) is 12.8. The monoisotopic (exact) mass is 268 g/mol. The number of rotatable bonds is 1. The molecule has 0 radical (unpaired) electrons. The maximum absolute atomic E-state index is 13.3. The lowest BCUT2D eigenvalue weighted by Gasteiger charge is -2.30. The molecule has 1 aliphatic heterocycles. The molecule has 1 aromatic carbocycles. The summed E-state index contributed by atoms with van der Waals surface area (Å²) < 4.78 is 19.0. The van der Waals surface area contributed by atoms with Crippen molar-refractivity contribution in [2.45, 2.75) is 25.2 Å². The van der Waals surface area contributed by atoms with Gasteiger partial charge in [-0.25, -0.2) is 9.37 Å². The minimum absolute atomic E-state index is 0.0932. The Kier molecular flexibility index (Phi) is 2.79. The first kappa shape index (κ1) is 11.9. The Balaban J connectivity index is 2.10. The van der Waals surface area contributed by atoms with E-state index in [-0.39, 0.29) is 16.3 Å². The first-order valence-electron chi connectivity index (χ1n) is 6.05. The Morgan fingerprint density at radius 2 is 2.11 bits per heavy atom. The van der Waals surface area contributed by atoms with Crippen molar-refractivity contribution < 1.29 is 8.81 Å². The average molecular weight is 269 g/mol. The number of nitrogens with one attached hydrogen (secondary N) is 1. The van der Waals surface area contributed by atoms with Crippen molar-refractivity contribution in [3.8, 4) is 0 Å². The molecule has 3 rings (SSSR count). The number of piperidine rings is 1. The molecule has 0 saturated carbocycles. The molecule has 2 aromatic rings. The molecule has 18 heavy (non-hydrogen) atoms. The van der Waals surface area contributed by atoms with Gasteiger partial charge in [-0.3, -0.25) is 0 Å². The zero-order valence-electron chi connectivity index (χ0n) is 10.1. The van der Waals surface area contributed by atoms with Gasteiger partial charge in [-0.2, -0.15) is 0 Å². The van der Waals surface area contributed by atoms with Gasteiger partial charge in [0.25, 0.3) is 0 Å². The van der Waals surface area contributed by atoms with Gasteiger partial charge in [-0.1, -0.05) is 18.5 Å². The van der Waals surface area contributed by atoms with E-state index in [9.17, 15) is 4.39 Å². The lowest BCUT2D eigenvalue weighted by atomic mass is 9.81. The van der Waals surface area contributed by atoms with Crippen LogP contribution in [0, 0.1) is 5.82 Å². The van der Waals surface area contributed by atoms with Crippen molar-refractivity contribution in [2.75, 3.05) is 13.1 Å². The van der Waals surface area contributed by atoms with Crippen LogP contribution in [0.1, 0.15) is 25.7 Å². The Morgan fingerprint density at radius 3 is 2.83 bits per heavy atom. The minimum atomic E-state index is -0.386. The maximum atomic E-state index is 13.3. The van der Waals surface area contributed by atoms with Gasteiger partial charge in [-0.05, 0) is 32.0 Å². The van der Waals surface area contributed by atoms with E-state index in [1.165, 1.54) is 12.1 Å². The molecule has 5 heteroatoms. The summed E-state index contributed by atoms with van der Waals surface area (Å²) in [7, 11) is 0. The van der Waals surface area contributed by atoms with Crippen molar-refractivity contribution in [2.24, 2.45) is 0 Å². The Bertz CT molecular complexity index is 590. The van der Waals surface area contributed by atoms with Crippen molar-refractivity contribution in [1.29, 1.82) is 0 Å². The van der Waals surface area contributed by atoms with Gasteiger partial charge in [0.05, 0.1) is 5.02 Å². The first-order chi connectivity index (χ1) is 8.58. The predicted octanol–water partition coefficient (Wildman–Crippen LogP) is 3.26. The van der Waals surface area contributed by atoms with E-state index < -0.39 is 0 Å². The Labute approximate surface area is 109 Å².